The monoisotopic (exact) mass is 412 g/mol. The molecule has 1 aromatic carbocycles. The van der Waals surface area contributed by atoms with Crippen molar-refractivity contribution >= 4 is 38.9 Å². The van der Waals surface area contributed by atoms with E-state index in [0.29, 0.717) is 0 Å². The molecule has 0 atom stereocenters. The lowest BCUT2D eigenvalue weighted by atomic mass is 10.1. The highest BCUT2D eigenvalue weighted by Gasteiger charge is 2.25. The molecule has 2 rings (SSSR count). The van der Waals surface area contributed by atoms with Crippen LogP contribution in [0.2, 0.25) is 36.3 Å². The SMILES string of the molecule is CC[Si](C#Cc1ccc(C#C[Si](CC)(CC)CC)c2nsnc12)(CC)CC. The second-order valence-electron chi connectivity index (χ2n) is 7.30. The van der Waals surface area contributed by atoms with Crippen LogP contribution in [0.25, 0.3) is 11.0 Å². The molecule has 0 unspecified atom stereocenters. The predicted octanol–water partition coefficient (Wildman–Crippen LogP) is 6.49. The van der Waals surface area contributed by atoms with Crippen LogP contribution in [-0.4, -0.2) is 24.9 Å². The van der Waals surface area contributed by atoms with Crippen LogP contribution in [0.5, 0.6) is 0 Å². The largest absolute Gasteiger partial charge is 0.172 e. The van der Waals surface area contributed by atoms with Crippen molar-refractivity contribution in [2.24, 2.45) is 0 Å². The van der Waals surface area contributed by atoms with Gasteiger partial charge in [-0.15, -0.1) is 11.1 Å². The molecule has 0 aliphatic carbocycles. The molecule has 0 bridgehead atoms. The zero-order valence-electron chi connectivity index (χ0n) is 17.7. The Morgan fingerprint density at radius 2 is 1.00 bits per heavy atom. The summed E-state index contributed by atoms with van der Waals surface area (Å²) in [6.45, 7) is 13.7. The number of benzene rings is 1. The van der Waals surface area contributed by atoms with E-state index >= 15 is 0 Å². The van der Waals surface area contributed by atoms with Crippen LogP contribution in [0.1, 0.15) is 52.7 Å². The summed E-state index contributed by atoms with van der Waals surface area (Å²) >= 11 is 1.27. The Hall–Kier alpha value is -1.41. The fraction of sp³-hybridized carbons (Fsp3) is 0.545. The zero-order valence-corrected chi connectivity index (χ0v) is 20.5. The fourth-order valence-corrected chi connectivity index (χ4v) is 8.93. The van der Waals surface area contributed by atoms with Gasteiger partial charge >= 0.3 is 0 Å². The van der Waals surface area contributed by atoms with E-state index in [4.69, 9.17) is 0 Å². The molecule has 0 saturated carbocycles. The molecular weight excluding hydrogens is 380 g/mol. The van der Waals surface area contributed by atoms with Crippen molar-refractivity contribution in [2.45, 2.75) is 77.8 Å². The highest BCUT2D eigenvalue weighted by atomic mass is 32.1. The summed E-state index contributed by atoms with van der Waals surface area (Å²) in [7, 11) is -2.93. The zero-order chi connectivity index (χ0) is 19.9. The van der Waals surface area contributed by atoms with Crippen LogP contribution in [0, 0.1) is 22.9 Å². The maximum Gasteiger partial charge on any atom is 0.138 e. The third-order valence-electron chi connectivity index (χ3n) is 6.40. The molecule has 0 fully saturated rings. The smallest absolute Gasteiger partial charge is 0.138 e. The lowest BCUT2D eigenvalue weighted by Gasteiger charge is -2.20. The first kappa shape index (κ1) is 21.9. The second kappa shape index (κ2) is 9.69. The van der Waals surface area contributed by atoms with Crippen molar-refractivity contribution < 1.29 is 0 Å². The Bertz CT molecular complexity index is 799. The van der Waals surface area contributed by atoms with Crippen LogP contribution >= 0.6 is 11.7 Å². The van der Waals surface area contributed by atoms with Crippen LogP contribution in [0.3, 0.4) is 0 Å². The second-order valence-corrected chi connectivity index (χ2v) is 17.7. The van der Waals surface area contributed by atoms with Gasteiger partial charge in [0.15, 0.2) is 0 Å². The Kier molecular flexibility index (Phi) is 7.85. The molecule has 27 heavy (non-hydrogen) atoms. The minimum absolute atomic E-state index is 0.933. The summed E-state index contributed by atoms with van der Waals surface area (Å²) in [5.74, 6) is 6.95. The summed E-state index contributed by atoms with van der Waals surface area (Å²) < 4.78 is 9.10. The molecule has 0 saturated heterocycles. The van der Waals surface area contributed by atoms with E-state index in [1.54, 1.807) is 0 Å². The number of rotatable bonds is 6. The van der Waals surface area contributed by atoms with Gasteiger partial charge in [0.2, 0.25) is 0 Å². The molecule has 0 amide bonds. The Balaban J connectivity index is 2.49. The molecular formula is C22H32N2SSi2. The average molecular weight is 413 g/mol. The van der Waals surface area contributed by atoms with Crippen molar-refractivity contribution in [2.75, 3.05) is 0 Å². The Labute approximate surface area is 171 Å². The maximum atomic E-state index is 4.55. The first-order valence-corrected chi connectivity index (χ1v) is 16.3. The van der Waals surface area contributed by atoms with Gasteiger partial charge in [0.05, 0.1) is 22.9 Å². The van der Waals surface area contributed by atoms with E-state index in [-0.39, 0.29) is 0 Å². The van der Waals surface area contributed by atoms with Crippen LogP contribution < -0.4 is 0 Å². The highest BCUT2D eigenvalue weighted by molar-refractivity contribution is 7.00. The molecule has 0 radical (unpaired) electrons. The van der Waals surface area contributed by atoms with Crippen LogP contribution in [0.4, 0.5) is 0 Å². The number of hydrogen-bond acceptors (Lipinski definition) is 3. The van der Waals surface area contributed by atoms with Crippen molar-refractivity contribution in [3.05, 3.63) is 23.3 Å². The first-order chi connectivity index (χ1) is 13.0. The van der Waals surface area contributed by atoms with Gasteiger partial charge in [-0.25, -0.2) is 0 Å². The van der Waals surface area contributed by atoms with E-state index in [1.807, 2.05) is 0 Å². The summed E-state index contributed by atoms with van der Waals surface area (Å²) in [6, 6.07) is 11.5. The van der Waals surface area contributed by atoms with E-state index in [1.165, 1.54) is 48.0 Å². The average Bonchev–Trinajstić information content (AvgIpc) is 3.22. The molecule has 0 aliphatic rings. The third kappa shape index (κ3) is 4.72. The molecule has 5 heteroatoms. The van der Waals surface area contributed by atoms with Crippen molar-refractivity contribution in [3.8, 4) is 22.9 Å². The van der Waals surface area contributed by atoms with E-state index in [0.717, 1.165) is 22.2 Å². The first-order valence-electron chi connectivity index (χ1n) is 10.3. The minimum atomic E-state index is -1.46. The number of hydrogen-bond donors (Lipinski definition) is 0. The third-order valence-corrected chi connectivity index (χ3v) is 16.4. The molecule has 1 heterocycles. The molecule has 0 aliphatic heterocycles. The minimum Gasteiger partial charge on any atom is -0.172 e. The molecule has 0 spiro atoms. The van der Waals surface area contributed by atoms with Crippen LogP contribution in [-0.2, 0) is 0 Å². The number of fused-ring (bicyclic) bond motifs is 1. The topological polar surface area (TPSA) is 25.8 Å². The quantitative estimate of drug-likeness (QED) is 0.400. The Morgan fingerprint density at radius 3 is 1.30 bits per heavy atom. The molecule has 144 valence electrons. The van der Waals surface area contributed by atoms with Gasteiger partial charge in [-0.1, -0.05) is 53.4 Å². The van der Waals surface area contributed by atoms with E-state index < -0.39 is 16.1 Å². The van der Waals surface area contributed by atoms with E-state index in [2.05, 4.69) is 85.4 Å². The summed E-state index contributed by atoms with van der Waals surface area (Å²) in [5.41, 5.74) is 11.3. The standard InChI is InChI=1S/C22H32N2SSi2/c1-7-26(8-2,9-3)17-15-19-13-14-20(22-21(19)23-25-24-22)16-18-27(10-4,11-5)12-6/h13-14H,7-12H2,1-6H3. The number of nitrogens with zero attached hydrogens (tertiary/aromatic N) is 2. The van der Waals surface area contributed by atoms with Gasteiger partial charge in [0, 0.05) is 0 Å². The van der Waals surface area contributed by atoms with E-state index in [9.17, 15) is 0 Å². The normalized spacial score (nSPS) is 11.6. The lowest BCUT2D eigenvalue weighted by molar-refractivity contribution is 1.20. The van der Waals surface area contributed by atoms with Gasteiger partial charge < -0.3 is 0 Å². The van der Waals surface area contributed by atoms with Gasteiger partial charge in [-0.2, -0.15) is 8.75 Å². The van der Waals surface area contributed by atoms with Crippen molar-refractivity contribution in [3.63, 3.8) is 0 Å². The summed E-state index contributed by atoms with van der Waals surface area (Å²) in [6.07, 6.45) is 0. The van der Waals surface area contributed by atoms with Gasteiger partial charge in [-0.05, 0) is 48.4 Å². The highest BCUT2D eigenvalue weighted by Crippen LogP contribution is 2.24. The fourth-order valence-electron chi connectivity index (χ4n) is 3.50. The Morgan fingerprint density at radius 1 is 0.667 bits per heavy atom. The predicted molar refractivity (Wildman–Crippen MR) is 126 cm³/mol. The molecule has 0 N–H and O–H groups in total. The molecule has 2 aromatic rings. The van der Waals surface area contributed by atoms with Crippen LogP contribution in [0.15, 0.2) is 12.1 Å². The molecule has 1 aromatic heterocycles. The lowest BCUT2D eigenvalue weighted by Crippen LogP contribution is -2.29. The van der Waals surface area contributed by atoms with Crippen molar-refractivity contribution in [1.29, 1.82) is 0 Å². The van der Waals surface area contributed by atoms with Gasteiger partial charge in [-0.3, -0.25) is 0 Å². The summed E-state index contributed by atoms with van der Waals surface area (Å²) in [5, 5.41) is 0. The summed E-state index contributed by atoms with van der Waals surface area (Å²) in [4.78, 5) is 0. The van der Waals surface area contributed by atoms with Gasteiger partial charge in [0.1, 0.15) is 27.2 Å². The number of aromatic nitrogens is 2. The van der Waals surface area contributed by atoms with Gasteiger partial charge in [0.25, 0.3) is 0 Å². The van der Waals surface area contributed by atoms with Crippen molar-refractivity contribution in [1.82, 2.24) is 8.75 Å². The molecule has 2 nitrogen and oxygen atoms in total. The maximum absolute atomic E-state index is 4.55.